The van der Waals surface area contributed by atoms with Crippen LogP contribution in [-0.4, -0.2) is 24.0 Å². The van der Waals surface area contributed by atoms with Crippen LogP contribution in [-0.2, 0) is 4.79 Å². The van der Waals surface area contributed by atoms with Crippen LogP contribution in [0.3, 0.4) is 0 Å². The normalized spacial score (nSPS) is 12.6. The summed E-state index contributed by atoms with van der Waals surface area (Å²) in [6.45, 7) is 3.97. The largest absolute Gasteiger partial charge is 0.353 e. The Balaban J connectivity index is 3.58. The number of thioether (sulfide) groups is 1. The van der Waals surface area contributed by atoms with Crippen molar-refractivity contribution in [3.8, 4) is 0 Å². The fourth-order valence-electron chi connectivity index (χ4n) is 0.792. The third-order valence-electron chi connectivity index (χ3n) is 1.55. The van der Waals surface area contributed by atoms with Crippen molar-refractivity contribution in [1.82, 2.24) is 5.32 Å². The van der Waals surface area contributed by atoms with Gasteiger partial charge in [0.15, 0.2) is 0 Å². The number of rotatable bonds is 5. The summed E-state index contributed by atoms with van der Waals surface area (Å²) in [5.74, 6) is 1.17. The molecule has 1 unspecified atom stereocenters. The highest BCUT2D eigenvalue weighted by Gasteiger charge is 2.06. The van der Waals surface area contributed by atoms with Crippen LogP contribution in [0, 0.1) is 0 Å². The van der Waals surface area contributed by atoms with Gasteiger partial charge < -0.3 is 5.32 Å². The minimum Gasteiger partial charge on any atom is -0.353 e. The molecule has 0 heterocycles. The Morgan fingerprint density at radius 2 is 2.18 bits per heavy atom. The lowest BCUT2D eigenvalue weighted by Crippen LogP contribution is -2.35. The molecule has 0 saturated heterocycles. The van der Waals surface area contributed by atoms with Gasteiger partial charge in [0.2, 0.25) is 5.91 Å². The summed E-state index contributed by atoms with van der Waals surface area (Å²) in [5, 5.41) is 2.96. The summed E-state index contributed by atoms with van der Waals surface area (Å²) in [7, 11) is 0. The summed E-state index contributed by atoms with van der Waals surface area (Å²) in [4.78, 5) is 10.9. The molecule has 11 heavy (non-hydrogen) atoms. The third-order valence-corrected chi connectivity index (χ3v) is 2.28. The second-order valence-corrected chi connectivity index (χ2v) is 3.39. The zero-order chi connectivity index (χ0) is 8.69. The van der Waals surface area contributed by atoms with Crippen molar-refractivity contribution in [3.63, 3.8) is 0 Å². The van der Waals surface area contributed by atoms with Gasteiger partial charge in [-0.3, -0.25) is 4.79 Å². The Morgan fingerprint density at radius 1 is 1.55 bits per heavy atom. The van der Waals surface area contributed by atoms with E-state index in [0.717, 1.165) is 12.2 Å². The van der Waals surface area contributed by atoms with E-state index in [9.17, 15) is 4.79 Å². The minimum absolute atomic E-state index is 0.158. The molecule has 2 nitrogen and oxygen atoms in total. The second-order valence-electron chi connectivity index (χ2n) is 2.48. The van der Waals surface area contributed by atoms with Crippen LogP contribution in [0.2, 0.25) is 0 Å². The zero-order valence-corrected chi connectivity index (χ0v) is 8.33. The highest BCUT2D eigenvalue weighted by Crippen LogP contribution is 2.00. The molecule has 0 aliphatic carbocycles. The lowest BCUT2D eigenvalue weighted by molar-refractivity contribution is -0.121. The molecule has 0 rings (SSSR count). The molecule has 0 aromatic carbocycles. The molecule has 0 bridgehead atoms. The van der Waals surface area contributed by atoms with Gasteiger partial charge in [0.25, 0.3) is 0 Å². The number of nitrogens with one attached hydrogen (secondary N) is 1. The van der Waals surface area contributed by atoms with Crippen molar-refractivity contribution in [1.29, 1.82) is 0 Å². The van der Waals surface area contributed by atoms with Gasteiger partial charge in [0.05, 0.1) is 0 Å². The van der Waals surface area contributed by atoms with Gasteiger partial charge in [-0.15, -0.1) is 0 Å². The molecule has 0 aromatic rings. The molecule has 3 heteroatoms. The first-order valence-electron chi connectivity index (χ1n) is 4.02. The zero-order valence-electron chi connectivity index (χ0n) is 7.52. The van der Waals surface area contributed by atoms with Gasteiger partial charge in [0, 0.05) is 18.2 Å². The van der Waals surface area contributed by atoms with Crippen LogP contribution in [0.15, 0.2) is 0 Å². The molecule has 0 aliphatic rings. The molecule has 66 valence electrons. The van der Waals surface area contributed by atoms with E-state index in [1.165, 1.54) is 0 Å². The van der Waals surface area contributed by atoms with Crippen LogP contribution in [0.5, 0.6) is 0 Å². The van der Waals surface area contributed by atoms with Crippen LogP contribution in [0.4, 0.5) is 0 Å². The first kappa shape index (κ1) is 10.8. The quantitative estimate of drug-likeness (QED) is 0.688. The topological polar surface area (TPSA) is 29.1 Å². The Bertz CT molecular complexity index is 117. The van der Waals surface area contributed by atoms with Crippen LogP contribution < -0.4 is 5.32 Å². The molecule has 0 fully saturated rings. The standard InChI is InChI=1S/C8H17NOS/c1-4-7(6-11-3)9-8(10)5-2/h7H,4-6H2,1-3H3,(H,9,10). The SMILES string of the molecule is CCC(=O)NC(CC)CSC. The van der Waals surface area contributed by atoms with E-state index in [1.807, 2.05) is 6.92 Å². The van der Waals surface area contributed by atoms with Gasteiger partial charge in [0.1, 0.15) is 0 Å². The van der Waals surface area contributed by atoms with Crippen molar-refractivity contribution in [3.05, 3.63) is 0 Å². The summed E-state index contributed by atoms with van der Waals surface area (Å²) in [6.07, 6.45) is 3.66. The van der Waals surface area contributed by atoms with Crippen molar-refractivity contribution < 1.29 is 4.79 Å². The highest BCUT2D eigenvalue weighted by molar-refractivity contribution is 7.98. The molecule has 0 radical (unpaired) electrons. The summed E-state index contributed by atoms with van der Waals surface area (Å²) >= 11 is 1.77. The Labute approximate surface area is 73.1 Å². The van der Waals surface area contributed by atoms with Gasteiger partial charge in [-0.05, 0) is 12.7 Å². The fourth-order valence-corrected chi connectivity index (χ4v) is 1.51. The summed E-state index contributed by atoms with van der Waals surface area (Å²) < 4.78 is 0. The Kier molecular flexibility index (Phi) is 6.42. The number of carbonyl (C=O) groups excluding carboxylic acids is 1. The molecular formula is C8H17NOS. The Hall–Kier alpha value is -0.180. The molecule has 0 aliphatic heterocycles. The maximum Gasteiger partial charge on any atom is 0.219 e. The monoisotopic (exact) mass is 175 g/mol. The van der Waals surface area contributed by atoms with Crippen LogP contribution in [0.25, 0.3) is 0 Å². The van der Waals surface area contributed by atoms with E-state index in [0.29, 0.717) is 12.5 Å². The lowest BCUT2D eigenvalue weighted by Gasteiger charge is -2.14. The summed E-state index contributed by atoms with van der Waals surface area (Å²) in [6, 6.07) is 0.359. The molecule has 0 spiro atoms. The third kappa shape index (κ3) is 5.13. The van der Waals surface area contributed by atoms with Gasteiger partial charge in [-0.2, -0.15) is 11.8 Å². The van der Waals surface area contributed by atoms with Crippen molar-refractivity contribution >= 4 is 17.7 Å². The molecular weight excluding hydrogens is 158 g/mol. The second kappa shape index (κ2) is 6.53. The first-order chi connectivity index (χ1) is 5.24. The number of carbonyl (C=O) groups is 1. The predicted octanol–water partition coefficient (Wildman–Crippen LogP) is 1.65. The van der Waals surface area contributed by atoms with E-state index in [-0.39, 0.29) is 5.91 Å². The van der Waals surface area contributed by atoms with Crippen LogP contribution in [0.1, 0.15) is 26.7 Å². The van der Waals surface area contributed by atoms with Crippen molar-refractivity contribution in [2.45, 2.75) is 32.7 Å². The smallest absolute Gasteiger partial charge is 0.219 e. The average molecular weight is 175 g/mol. The minimum atomic E-state index is 0.158. The van der Waals surface area contributed by atoms with E-state index in [2.05, 4.69) is 18.5 Å². The highest BCUT2D eigenvalue weighted by atomic mass is 32.2. The number of hydrogen-bond acceptors (Lipinski definition) is 2. The lowest BCUT2D eigenvalue weighted by atomic mass is 10.2. The molecule has 1 atom stereocenters. The van der Waals surface area contributed by atoms with Gasteiger partial charge >= 0.3 is 0 Å². The molecule has 1 amide bonds. The fraction of sp³-hybridized carbons (Fsp3) is 0.875. The molecule has 0 saturated carbocycles. The average Bonchev–Trinajstić information content (AvgIpc) is 2.03. The van der Waals surface area contributed by atoms with Crippen molar-refractivity contribution in [2.75, 3.05) is 12.0 Å². The van der Waals surface area contributed by atoms with E-state index >= 15 is 0 Å². The van der Waals surface area contributed by atoms with Crippen LogP contribution >= 0.6 is 11.8 Å². The van der Waals surface area contributed by atoms with E-state index in [1.54, 1.807) is 11.8 Å². The molecule has 0 aromatic heterocycles. The van der Waals surface area contributed by atoms with E-state index < -0.39 is 0 Å². The van der Waals surface area contributed by atoms with E-state index in [4.69, 9.17) is 0 Å². The maximum atomic E-state index is 10.9. The number of hydrogen-bond donors (Lipinski definition) is 1. The van der Waals surface area contributed by atoms with Gasteiger partial charge in [-0.25, -0.2) is 0 Å². The molecule has 1 N–H and O–H groups in total. The summed E-state index contributed by atoms with van der Waals surface area (Å²) in [5.41, 5.74) is 0. The van der Waals surface area contributed by atoms with Crippen molar-refractivity contribution in [2.24, 2.45) is 0 Å². The predicted molar refractivity (Wildman–Crippen MR) is 50.9 cm³/mol. The number of amides is 1. The van der Waals surface area contributed by atoms with Gasteiger partial charge in [-0.1, -0.05) is 13.8 Å². The Morgan fingerprint density at radius 3 is 2.55 bits per heavy atom. The maximum absolute atomic E-state index is 10.9. The first-order valence-corrected chi connectivity index (χ1v) is 5.42.